The quantitative estimate of drug-likeness (QED) is 0.679. The van der Waals surface area contributed by atoms with Gasteiger partial charge in [0.2, 0.25) is 0 Å². The molecule has 4 amide bonds. The SMILES string of the molecule is COc1cccc([C@]2(C)NC(=O)N(NC(=O)c3cc4ccccc4o3)C2=O)c1. The van der Waals surface area contributed by atoms with Gasteiger partial charge >= 0.3 is 11.9 Å². The lowest BCUT2D eigenvalue weighted by Crippen LogP contribution is -2.47. The first-order valence-electron chi connectivity index (χ1n) is 8.53. The fraction of sp³-hybridized carbons (Fsp3) is 0.150. The molecule has 1 atom stereocenters. The van der Waals surface area contributed by atoms with Gasteiger partial charge in [-0.2, -0.15) is 5.01 Å². The van der Waals surface area contributed by atoms with Crippen LogP contribution in [0.1, 0.15) is 23.0 Å². The Labute approximate surface area is 160 Å². The zero-order valence-corrected chi connectivity index (χ0v) is 15.2. The van der Waals surface area contributed by atoms with Gasteiger partial charge in [0.05, 0.1) is 7.11 Å². The van der Waals surface area contributed by atoms with Crippen LogP contribution in [0.2, 0.25) is 0 Å². The number of rotatable bonds is 4. The van der Waals surface area contributed by atoms with Gasteiger partial charge < -0.3 is 14.5 Å². The van der Waals surface area contributed by atoms with Crippen molar-refractivity contribution in [3.05, 3.63) is 65.9 Å². The molecular formula is C20H17N3O5. The van der Waals surface area contributed by atoms with E-state index < -0.39 is 23.4 Å². The number of hydrogen-bond donors (Lipinski definition) is 2. The molecule has 142 valence electrons. The normalized spacial score (nSPS) is 19.0. The van der Waals surface area contributed by atoms with E-state index in [1.54, 1.807) is 55.5 Å². The highest BCUT2D eigenvalue weighted by atomic mass is 16.5. The third-order valence-electron chi connectivity index (χ3n) is 4.70. The highest BCUT2D eigenvalue weighted by Crippen LogP contribution is 2.30. The Morgan fingerprint density at radius 1 is 1.14 bits per heavy atom. The Bertz CT molecular complexity index is 1070. The Morgan fingerprint density at radius 3 is 2.68 bits per heavy atom. The molecule has 0 spiro atoms. The van der Waals surface area contributed by atoms with Gasteiger partial charge in [-0.15, -0.1) is 0 Å². The number of amides is 4. The third-order valence-corrected chi connectivity index (χ3v) is 4.70. The number of methoxy groups -OCH3 is 1. The van der Waals surface area contributed by atoms with Crippen molar-refractivity contribution in [2.75, 3.05) is 7.11 Å². The lowest BCUT2D eigenvalue weighted by molar-refractivity contribution is -0.132. The zero-order valence-electron chi connectivity index (χ0n) is 15.2. The molecule has 2 heterocycles. The average molecular weight is 379 g/mol. The summed E-state index contributed by atoms with van der Waals surface area (Å²) >= 11 is 0. The van der Waals surface area contributed by atoms with E-state index in [0.717, 1.165) is 5.39 Å². The number of hydrazine groups is 1. The number of urea groups is 1. The van der Waals surface area contributed by atoms with E-state index in [4.69, 9.17) is 9.15 Å². The molecule has 0 unspecified atom stereocenters. The van der Waals surface area contributed by atoms with Crippen LogP contribution < -0.4 is 15.5 Å². The second-order valence-corrected chi connectivity index (χ2v) is 6.52. The number of para-hydroxylation sites is 1. The maximum absolute atomic E-state index is 12.9. The van der Waals surface area contributed by atoms with E-state index in [1.807, 2.05) is 6.07 Å². The minimum atomic E-state index is -1.34. The molecule has 0 bridgehead atoms. The molecule has 1 aromatic heterocycles. The van der Waals surface area contributed by atoms with Gasteiger partial charge in [-0.1, -0.05) is 30.3 Å². The first kappa shape index (κ1) is 17.6. The Kier molecular flexibility index (Phi) is 4.03. The molecule has 0 radical (unpaired) electrons. The summed E-state index contributed by atoms with van der Waals surface area (Å²) in [4.78, 5) is 37.8. The average Bonchev–Trinajstić information content (AvgIpc) is 3.23. The lowest BCUT2D eigenvalue weighted by Gasteiger charge is -2.22. The number of carbonyl (C=O) groups is 3. The van der Waals surface area contributed by atoms with Gasteiger partial charge in [-0.3, -0.25) is 9.59 Å². The van der Waals surface area contributed by atoms with Crippen LogP contribution >= 0.6 is 0 Å². The molecule has 0 saturated carbocycles. The van der Waals surface area contributed by atoms with Crippen molar-refractivity contribution >= 4 is 28.8 Å². The van der Waals surface area contributed by atoms with E-state index in [2.05, 4.69) is 10.7 Å². The highest BCUT2D eigenvalue weighted by molar-refractivity contribution is 6.09. The maximum Gasteiger partial charge on any atom is 0.344 e. The Hall–Kier alpha value is -3.81. The van der Waals surface area contributed by atoms with Crippen LogP contribution in [0, 0.1) is 0 Å². The number of ether oxygens (including phenoxy) is 1. The van der Waals surface area contributed by atoms with Crippen LogP contribution in [-0.4, -0.2) is 30.0 Å². The summed E-state index contributed by atoms with van der Waals surface area (Å²) in [5.41, 5.74) is 2.04. The Balaban J connectivity index is 1.59. The second kappa shape index (κ2) is 6.41. The number of hydrogen-bond acceptors (Lipinski definition) is 5. The summed E-state index contributed by atoms with van der Waals surface area (Å²) in [6, 6.07) is 14.7. The number of benzene rings is 2. The van der Waals surface area contributed by atoms with Crippen LogP contribution in [0.3, 0.4) is 0 Å². The molecule has 0 aliphatic carbocycles. The van der Waals surface area contributed by atoms with E-state index >= 15 is 0 Å². The van der Waals surface area contributed by atoms with Crippen LogP contribution in [0.4, 0.5) is 4.79 Å². The van der Waals surface area contributed by atoms with Crippen molar-refractivity contribution in [1.82, 2.24) is 15.8 Å². The summed E-state index contributed by atoms with van der Waals surface area (Å²) in [6.07, 6.45) is 0. The first-order valence-corrected chi connectivity index (χ1v) is 8.53. The summed E-state index contributed by atoms with van der Waals surface area (Å²) in [5, 5.41) is 4.02. The molecule has 2 aromatic carbocycles. The minimum absolute atomic E-state index is 0.00298. The monoisotopic (exact) mass is 379 g/mol. The van der Waals surface area contributed by atoms with Crippen molar-refractivity contribution in [3.63, 3.8) is 0 Å². The molecule has 8 heteroatoms. The molecule has 1 saturated heterocycles. The van der Waals surface area contributed by atoms with Gasteiger partial charge in [0.25, 0.3) is 5.91 Å². The highest BCUT2D eigenvalue weighted by Gasteiger charge is 2.50. The molecule has 2 N–H and O–H groups in total. The standard InChI is InChI=1S/C20H17N3O5/c1-20(13-7-5-8-14(11-13)27-2)18(25)23(19(26)21-20)22-17(24)16-10-12-6-3-4-9-15(12)28-16/h3-11H,1-2H3,(H,21,26)(H,22,24)/t20-/m0/s1. The molecule has 1 fully saturated rings. The molecule has 1 aliphatic heterocycles. The fourth-order valence-electron chi connectivity index (χ4n) is 3.12. The minimum Gasteiger partial charge on any atom is -0.497 e. The van der Waals surface area contributed by atoms with Crippen molar-refractivity contribution in [3.8, 4) is 5.75 Å². The second-order valence-electron chi connectivity index (χ2n) is 6.52. The smallest absolute Gasteiger partial charge is 0.344 e. The predicted molar refractivity (Wildman–Crippen MR) is 99.4 cm³/mol. The van der Waals surface area contributed by atoms with Crippen LogP contribution in [0.25, 0.3) is 11.0 Å². The summed E-state index contributed by atoms with van der Waals surface area (Å²) < 4.78 is 10.7. The molecule has 28 heavy (non-hydrogen) atoms. The molecule has 8 nitrogen and oxygen atoms in total. The van der Waals surface area contributed by atoms with Crippen molar-refractivity contribution in [2.45, 2.75) is 12.5 Å². The topological polar surface area (TPSA) is 101 Å². The van der Waals surface area contributed by atoms with Crippen LogP contribution in [0.15, 0.2) is 59.0 Å². The van der Waals surface area contributed by atoms with E-state index in [9.17, 15) is 14.4 Å². The number of nitrogens with one attached hydrogen (secondary N) is 2. The largest absolute Gasteiger partial charge is 0.497 e. The van der Waals surface area contributed by atoms with Crippen molar-refractivity contribution in [1.29, 1.82) is 0 Å². The molecule has 4 rings (SSSR count). The Morgan fingerprint density at radius 2 is 1.93 bits per heavy atom. The number of carbonyl (C=O) groups excluding carboxylic acids is 3. The third kappa shape index (κ3) is 2.75. The molecule has 3 aromatic rings. The number of imide groups is 1. The van der Waals surface area contributed by atoms with Gasteiger partial charge in [0.15, 0.2) is 5.76 Å². The summed E-state index contributed by atoms with van der Waals surface area (Å²) in [7, 11) is 1.51. The van der Waals surface area contributed by atoms with Gasteiger partial charge in [0, 0.05) is 5.39 Å². The van der Waals surface area contributed by atoms with Crippen molar-refractivity contribution in [2.24, 2.45) is 0 Å². The summed E-state index contributed by atoms with van der Waals surface area (Å²) in [6.45, 7) is 1.56. The number of nitrogens with zero attached hydrogens (tertiary/aromatic N) is 1. The number of fused-ring (bicyclic) bond motifs is 1. The maximum atomic E-state index is 12.9. The fourth-order valence-corrected chi connectivity index (χ4v) is 3.12. The zero-order chi connectivity index (χ0) is 19.9. The molecular weight excluding hydrogens is 362 g/mol. The first-order chi connectivity index (χ1) is 13.4. The lowest BCUT2D eigenvalue weighted by atomic mass is 9.92. The van der Waals surface area contributed by atoms with Gasteiger partial charge in [-0.05, 0) is 36.8 Å². The molecule has 1 aliphatic rings. The van der Waals surface area contributed by atoms with Crippen LogP contribution in [0.5, 0.6) is 5.75 Å². The van der Waals surface area contributed by atoms with Crippen LogP contribution in [-0.2, 0) is 10.3 Å². The van der Waals surface area contributed by atoms with E-state index in [0.29, 0.717) is 21.9 Å². The predicted octanol–water partition coefficient (Wildman–Crippen LogP) is 2.55. The van der Waals surface area contributed by atoms with Gasteiger partial charge in [-0.25, -0.2) is 10.2 Å². The summed E-state index contributed by atoms with van der Waals surface area (Å²) in [5.74, 6) is -0.771. The van der Waals surface area contributed by atoms with E-state index in [-0.39, 0.29) is 5.76 Å². The van der Waals surface area contributed by atoms with E-state index in [1.165, 1.54) is 7.11 Å². The van der Waals surface area contributed by atoms with Crippen molar-refractivity contribution < 1.29 is 23.5 Å². The number of furan rings is 1. The van der Waals surface area contributed by atoms with Gasteiger partial charge in [0.1, 0.15) is 16.9 Å².